The highest BCUT2D eigenvalue weighted by Crippen LogP contribution is 2.21. The molecule has 5 heteroatoms. The first-order chi connectivity index (χ1) is 9.13. The van der Waals surface area contributed by atoms with Gasteiger partial charge in [0.1, 0.15) is 0 Å². The predicted octanol–water partition coefficient (Wildman–Crippen LogP) is 1.95. The molecule has 3 nitrogen and oxygen atoms in total. The van der Waals surface area contributed by atoms with E-state index in [2.05, 4.69) is 17.1 Å². The summed E-state index contributed by atoms with van der Waals surface area (Å²) in [4.78, 5) is 2.23. The first kappa shape index (κ1) is 14.4. The molecule has 0 amide bonds. The summed E-state index contributed by atoms with van der Waals surface area (Å²) in [5.41, 5.74) is 0.376. The van der Waals surface area contributed by atoms with E-state index in [1.807, 2.05) is 0 Å². The number of likely N-dealkylation sites (N-methyl/N-ethyl adjacent to an activating group) is 1. The minimum absolute atomic E-state index is 0.226. The van der Waals surface area contributed by atoms with Gasteiger partial charge in [-0.2, -0.15) is 0 Å². The van der Waals surface area contributed by atoms with E-state index < -0.39 is 11.6 Å². The van der Waals surface area contributed by atoms with Crippen LogP contribution in [0.3, 0.4) is 0 Å². The van der Waals surface area contributed by atoms with Crippen LogP contribution in [-0.2, 0) is 4.74 Å². The zero-order valence-corrected chi connectivity index (χ0v) is 11.3. The van der Waals surface area contributed by atoms with Gasteiger partial charge in [0.25, 0.3) is 0 Å². The molecule has 1 aromatic carbocycles. The largest absolute Gasteiger partial charge is 0.379 e. The summed E-state index contributed by atoms with van der Waals surface area (Å²) in [6, 6.07) is 4.38. The summed E-state index contributed by atoms with van der Waals surface area (Å²) in [6.45, 7) is 4.90. The SMILES string of the molecule is CNC(CN1CCOCC1C)c1cccc(F)c1F. The molecular weight excluding hydrogens is 250 g/mol. The fourth-order valence-corrected chi connectivity index (χ4v) is 2.40. The van der Waals surface area contributed by atoms with Gasteiger partial charge in [0.15, 0.2) is 11.6 Å². The van der Waals surface area contributed by atoms with Gasteiger partial charge in [-0.05, 0) is 20.0 Å². The summed E-state index contributed by atoms with van der Waals surface area (Å²) in [7, 11) is 1.76. The van der Waals surface area contributed by atoms with Crippen molar-refractivity contribution in [3.63, 3.8) is 0 Å². The lowest BCUT2D eigenvalue weighted by Gasteiger charge is -2.35. The third-order valence-corrected chi connectivity index (χ3v) is 3.63. The van der Waals surface area contributed by atoms with Gasteiger partial charge in [-0.25, -0.2) is 8.78 Å². The highest BCUT2D eigenvalue weighted by molar-refractivity contribution is 5.23. The van der Waals surface area contributed by atoms with Crippen LogP contribution in [0.4, 0.5) is 8.78 Å². The fraction of sp³-hybridized carbons (Fsp3) is 0.571. The topological polar surface area (TPSA) is 24.5 Å². The smallest absolute Gasteiger partial charge is 0.163 e. The Labute approximate surface area is 112 Å². The Hall–Kier alpha value is -1.04. The van der Waals surface area contributed by atoms with Crippen molar-refractivity contribution in [3.05, 3.63) is 35.4 Å². The molecule has 0 aliphatic carbocycles. The van der Waals surface area contributed by atoms with E-state index in [1.54, 1.807) is 19.2 Å². The van der Waals surface area contributed by atoms with Crippen LogP contribution in [0.1, 0.15) is 18.5 Å². The lowest BCUT2D eigenvalue weighted by atomic mass is 10.0. The zero-order chi connectivity index (χ0) is 13.8. The van der Waals surface area contributed by atoms with Gasteiger partial charge in [0.2, 0.25) is 0 Å². The molecule has 2 atom stereocenters. The second-order valence-corrected chi connectivity index (χ2v) is 4.90. The predicted molar refractivity (Wildman–Crippen MR) is 70.0 cm³/mol. The highest BCUT2D eigenvalue weighted by Gasteiger charge is 2.24. The van der Waals surface area contributed by atoms with Crippen molar-refractivity contribution in [3.8, 4) is 0 Å². The van der Waals surface area contributed by atoms with Gasteiger partial charge in [-0.1, -0.05) is 12.1 Å². The first-order valence-corrected chi connectivity index (χ1v) is 6.56. The Morgan fingerprint density at radius 2 is 2.26 bits per heavy atom. The number of benzene rings is 1. The van der Waals surface area contributed by atoms with E-state index in [1.165, 1.54) is 0 Å². The molecule has 2 rings (SSSR count). The molecule has 1 aliphatic heterocycles. The minimum atomic E-state index is -0.798. The van der Waals surface area contributed by atoms with Gasteiger partial charge < -0.3 is 10.1 Å². The van der Waals surface area contributed by atoms with Gasteiger partial charge >= 0.3 is 0 Å². The molecule has 0 spiro atoms. The molecule has 0 aromatic heterocycles. The summed E-state index contributed by atoms with van der Waals surface area (Å²) < 4.78 is 32.5. The third kappa shape index (κ3) is 3.29. The second kappa shape index (κ2) is 6.41. The Balaban J connectivity index is 2.13. The lowest BCUT2D eigenvalue weighted by molar-refractivity contribution is -0.00432. The van der Waals surface area contributed by atoms with E-state index in [0.717, 1.165) is 12.6 Å². The van der Waals surface area contributed by atoms with Crippen molar-refractivity contribution in [2.45, 2.75) is 19.0 Å². The van der Waals surface area contributed by atoms with Crippen LogP contribution in [-0.4, -0.2) is 44.3 Å². The van der Waals surface area contributed by atoms with Crippen molar-refractivity contribution in [1.82, 2.24) is 10.2 Å². The van der Waals surface area contributed by atoms with Gasteiger partial charge in [-0.3, -0.25) is 4.90 Å². The number of halogens is 2. The summed E-state index contributed by atoms with van der Waals surface area (Å²) in [6.07, 6.45) is 0. The molecule has 1 N–H and O–H groups in total. The number of nitrogens with zero attached hydrogens (tertiary/aromatic N) is 1. The van der Waals surface area contributed by atoms with Gasteiger partial charge in [-0.15, -0.1) is 0 Å². The summed E-state index contributed by atoms with van der Waals surface area (Å²) in [5.74, 6) is -1.56. The van der Waals surface area contributed by atoms with E-state index in [9.17, 15) is 8.78 Å². The number of ether oxygens (including phenoxy) is 1. The average molecular weight is 270 g/mol. The van der Waals surface area contributed by atoms with Crippen molar-refractivity contribution in [1.29, 1.82) is 0 Å². The second-order valence-electron chi connectivity index (χ2n) is 4.90. The van der Waals surface area contributed by atoms with Crippen LogP contribution < -0.4 is 5.32 Å². The number of hydrogen-bond donors (Lipinski definition) is 1. The van der Waals surface area contributed by atoms with Crippen LogP contribution in [0.5, 0.6) is 0 Å². The maximum Gasteiger partial charge on any atom is 0.163 e. The average Bonchev–Trinajstić information content (AvgIpc) is 2.41. The van der Waals surface area contributed by atoms with Crippen LogP contribution in [0.15, 0.2) is 18.2 Å². The summed E-state index contributed by atoms with van der Waals surface area (Å²) >= 11 is 0. The molecule has 2 unspecified atom stereocenters. The molecule has 1 saturated heterocycles. The van der Waals surface area contributed by atoms with Crippen LogP contribution >= 0.6 is 0 Å². The Bertz CT molecular complexity index is 428. The molecular formula is C14H20F2N2O. The number of rotatable bonds is 4. The van der Waals surface area contributed by atoms with Crippen LogP contribution in [0.25, 0.3) is 0 Å². The standard InChI is InChI=1S/C14H20F2N2O/c1-10-9-19-7-6-18(10)8-13(17-2)11-4-3-5-12(15)14(11)16/h3-5,10,13,17H,6-9H2,1-2H3. The molecule has 0 radical (unpaired) electrons. The van der Waals surface area contributed by atoms with Crippen LogP contribution in [0.2, 0.25) is 0 Å². The zero-order valence-electron chi connectivity index (χ0n) is 11.3. The van der Waals surface area contributed by atoms with E-state index in [-0.39, 0.29) is 6.04 Å². The number of hydrogen-bond acceptors (Lipinski definition) is 3. The maximum atomic E-state index is 13.8. The molecule has 19 heavy (non-hydrogen) atoms. The molecule has 106 valence electrons. The normalized spacial score (nSPS) is 22.4. The van der Waals surface area contributed by atoms with E-state index in [4.69, 9.17) is 4.74 Å². The van der Waals surface area contributed by atoms with E-state index >= 15 is 0 Å². The molecule has 0 bridgehead atoms. The monoisotopic (exact) mass is 270 g/mol. The third-order valence-electron chi connectivity index (χ3n) is 3.63. The molecule has 1 fully saturated rings. The summed E-state index contributed by atoms with van der Waals surface area (Å²) in [5, 5.41) is 3.07. The van der Waals surface area contributed by atoms with Crippen molar-refractivity contribution < 1.29 is 13.5 Å². The van der Waals surface area contributed by atoms with E-state index in [0.29, 0.717) is 31.4 Å². The van der Waals surface area contributed by atoms with Gasteiger partial charge in [0.05, 0.1) is 13.2 Å². The molecule has 1 heterocycles. The lowest BCUT2D eigenvalue weighted by Crippen LogP contribution is -2.47. The number of morpholine rings is 1. The van der Waals surface area contributed by atoms with Crippen molar-refractivity contribution >= 4 is 0 Å². The molecule has 0 saturated carbocycles. The van der Waals surface area contributed by atoms with Crippen molar-refractivity contribution in [2.24, 2.45) is 0 Å². The molecule has 1 aromatic rings. The quantitative estimate of drug-likeness (QED) is 0.905. The fourth-order valence-electron chi connectivity index (χ4n) is 2.40. The Morgan fingerprint density at radius 1 is 1.47 bits per heavy atom. The van der Waals surface area contributed by atoms with Gasteiger partial charge in [0, 0.05) is 30.7 Å². The molecule has 1 aliphatic rings. The number of nitrogens with one attached hydrogen (secondary N) is 1. The Kier molecular flexibility index (Phi) is 4.85. The minimum Gasteiger partial charge on any atom is -0.379 e. The Morgan fingerprint density at radius 3 is 2.95 bits per heavy atom. The highest BCUT2D eigenvalue weighted by atomic mass is 19.2. The van der Waals surface area contributed by atoms with Crippen LogP contribution in [0, 0.1) is 11.6 Å². The first-order valence-electron chi connectivity index (χ1n) is 6.56. The maximum absolute atomic E-state index is 13.8. The van der Waals surface area contributed by atoms with Crippen molar-refractivity contribution in [2.75, 3.05) is 33.4 Å².